The number of hydrogen-bond acceptors (Lipinski definition) is 4. The van der Waals surface area contributed by atoms with Gasteiger partial charge in [-0.1, -0.05) is 19.0 Å². The maximum atomic E-state index is 11.7. The van der Waals surface area contributed by atoms with Crippen LogP contribution in [0.3, 0.4) is 0 Å². The zero-order valence-electron chi connectivity index (χ0n) is 10.0. The minimum Gasteiger partial charge on any atom is -0.409 e. The quantitative estimate of drug-likeness (QED) is 0.297. The molecule has 16 heavy (non-hydrogen) atoms. The van der Waals surface area contributed by atoms with E-state index >= 15 is 0 Å². The van der Waals surface area contributed by atoms with Gasteiger partial charge in [0, 0.05) is 19.5 Å². The molecule has 0 amide bonds. The van der Waals surface area contributed by atoms with Gasteiger partial charge in [0.15, 0.2) is 0 Å². The fraction of sp³-hybridized carbons (Fsp3) is 0.889. The predicted octanol–water partition coefficient (Wildman–Crippen LogP) is 0.431. The minimum absolute atomic E-state index is 0.0417. The van der Waals surface area contributed by atoms with Crippen LogP contribution in [0.1, 0.15) is 27.2 Å². The van der Waals surface area contributed by atoms with Crippen molar-refractivity contribution in [3.8, 4) is 0 Å². The monoisotopic (exact) mass is 251 g/mol. The molecule has 0 unspecified atom stereocenters. The molecule has 6 nitrogen and oxygen atoms in total. The summed E-state index contributed by atoms with van der Waals surface area (Å²) in [5.41, 5.74) is 5.32. The minimum atomic E-state index is -3.22. The lowest BCUT2D eigenvalue weighted by molar-refractivity contribution is 0.314. The topological polar surface area (TPSA) is 96.0 Å². The molecule has 3 N–H and O–H groups in total. The van der Waals surface area contributed by atoms with Gasteiger partial charge in [-0.2, -0.15) is 0 Å². The van der Waals surface area contributed by atoms with Crippen LogP contribution in [0.15, 0.2) is 5.16 Å². The van der Waals surface area contributed by atoms with Crippen molar-refractivity contribution in [2.45, 2.75) is 27.2 Å². The molecule has 0 saturated carbocycles. The average Bonchev–Trinajstić information content (AvgIpc) is 2.22. The Morgan fingerprint density at radius 1 is 1.50 bits per heavy atom. The van der Waals surface area contributed by atoms with Crippen LogP contribution in [0.5, 0.6) is 0 Å². The molecule has 0 saturated heterocycles. The molecule has 7 heteroatoms. The average molecular weight is 251 g/mol. The van der Waals surface area contributed by atoms with Crippen LogP contribution in [-0.2, 0) is 10.0 Å². The molecule has 0 aliphatic rings. The molecular formula is C9H21N3O3S. The molecule has 96 valence electrons. The van der Waals surface area contributed by atoms with E-state index in [2.05, 4.69) is 5.16 Å². The molecule has 0 aromatic rings. The number of sulfonamides is 1. The van der Waals surface area contributed by atoms with Gasteiger partial charge in [0.1, 0.15) is 5.84 Å². The smallest absolute Gasteiger partial charge is 0.213 e. The molecule has 0 atom stereocenters. The van der Waals surface area contributed by atoms with Crippen molar-refractivity contribution >= 4 is 15.9 Å². The largest absolute Gasteiger partial charge is 0.409 e. The zero-order chi connectivity index (χ0) is 12.8. The number of oxime groups is 1. The van der Waals surface area contributed by atoms with Crippen LogP contribution in [0.4, 0.5) is 0 Å². The van der Waals surface area contributed by atoms with E-state index in [4.69, 9.17) is 10.9 Å². The van der Waals surface area contributed by atoms with Crippen molar-refractivity contribution < 1.29 is 13.6 Å². The lowest BCUT2D eigenvalue weighted by Gasteiger charge is -2.22. The van der Waals surface area contributed by atoms with Crippen LogP contribution in [0.2, 0.25) is 0 Å². The molecule has 0 aliphatic heterocycles. The second-order valence-electron chi connectivity index (χ2n) is 3.99. The Morgan fingerprint density at radius 2 is 2.06 bits per heavy atom. The van der Waals surface area contributed by atoms with Gasteiger partial charge in [-0.25, -0.2) is 12.7 Å². The van der Waals surface area contributed by atoms with E-state index in [1.54, 1.807) is 6.92 Å². The van der Waals surface area contributed by atoms with Gasteiger partial charge in [0.25, 0.3) is 0 Å². The number of nitrogens with two attached hydrogens (primary N) is 1. The molecule has 0 fully saturated rings. The third-order valence-electron chi connectivity index (χ3n) is 2.07. The standard InChI is InChI=1S/C9H21N3O3S/c1-4-16(14,15)12(7-8(2)3)6-5-9(10)11-13/h8,13H,4-7H2,1-3H3,(H2,10,11). The van der Waals surface area contributed by atoms with Crippen LogP contribution in [0.25, 0.3) is 0 Å². The third kappa shape index (κ3) is 5.32. The number of rotatable bonds is 7. The third-order valence-corrected chi connectivity index (χ3v) is 3.92. The number of hydrogen-bond donors (Lipinski definition) is 2. The summed E-state index contributed by atoms with van der Waals surface area (Å²) in [6.45, 7) is 6.20. The van der Waals surface area contributed by atoms with Gasteiger partial charge in [-0.15, -0.1) is 0 Å². The SMILES string of the molecule is CCS(=O)(=O)N(CCC(N)=NO)CC(C)C. The lowest BCUT2D eigenvalue weighted by Crippen LogP contribution is -2.37. The number of nitrogens with zero attached hydrogens (tertiary/aromatic N) is 2. The molecule has 0 heterocycles. The van der Waals surface area contributed by atoms with Crippen molar-refractivity contribution in [2.24, 2.45) is 16.8 Å². The molecular weight excluding hydrogens is 230 g/mol. The summed E-state index contributed by atoms with van der Waals surface area (Å²) in [4.78, 5) is 0. The van der Waals surface area contributed by atoms with E-state index in [-0.39, 0.29) is 30.5 Å². The summed E-state index contributed by atoms with van der Waals surface area (Å²) < 4.78 is 24.8. The first-order chi connectivity index (χ1) is 7.33. The van der Waals surface area contributed by atoms with Crippen molar-refractivity contribution in [1.82, 2.24) is 4.31 Å². The molecule has 0 bridgehead atoms. The first-order valence-electron chi connectivity index (χ1n) is 5.27. The highest BCUT2D eigenvalue weighted by molar-refractivity contribution is 7.89. The fourth-order valence-electron chi connectivity index (χ4n) is 1.22. The maximum Gasteiger partial charge on any atom is 0.213 e. The molecule has 0 aliphatic carbocycles. The number of amidine groups is 1. The zero-order valence-corrected chi connectivity index (χ0v) is 10.9. The van der Waals surface area contributed by atoms with Crippen molar-refractivity contribution in [1.29, 1.82) is 0 Å². The Balaban J connectivity index is 4.57. The Hall–Kier alpha value is -0.820. The molecule has 0 rings (SSSR count). The second kappa shape index (κ2) is 6.70. The summed E-state index contributed by atoms with van der Waals surface area (Å²) in [5, 5.41) is 11.2. The van der Waals surface area contributed by atoms with Crippen molar-refractivity contribution in [2.75, 3.05) is 18.8 Å². The summed E-state index contributed by atoms with van der Waals surface area (Å²) in [6, 6.07) is 0. The van der Waals surface area contributed by atoms with Gasteiger partial charge in [-0.05, 0) is 12.8 Å². The van der Waals surface area contributed by atoms with Crippen LogP contribution >= 0.6 is 0 Å². The second-order valence-corrected chi connectivity index (χ2v) is 6.25. The van der Waals surface area contributed by atoms with Gasteiger partial charge in [-0.3, -0.25) is 0 Å². The normalized spacial score (nSPS) is 13.7. The van der Waals surface area contributed by atoms with Crippen molar-refractivity contribution in [3.05, 3.63) is 0 Å². The molecule has 0 aromatic heterocycles. The van der Waals surface area contributed by atoms with Gasteiger partial charge in [0.05, 0.1) is 5.75 Å². The van der Waals surface area contributed by atoms with E-state index in [1.807, 2.05) is 13.8 Å². The Bertz CT molecular complexity index is 325. The van der Waals surface area contributed by atoms with Crippen molar-refractivity contribution in [3.63, 3.8) is 0 Å². The van der Waals surface area contributed by atoms with Gasteiger partial charge < -0.3 is 10.9 Å². The van der Waals surface area contributed by atoms with Crippen LogP contribution in [-0.4, -0.2) is 42.6 Å². The highest BCUT2D eigenvalue weighted by Crippen LogP contribution is 2.07. The summed E-state index contributed by atoms with van der Waals surface area (Å²) in [7, 11) is -3.22. The van der Waals surface area contributed by atoms with E-state index in [0.29, 0.717) is 6.54 Å². The van der Waals surface area contributed by atoms with Gasteiger partial charge >= 0.3 is 0 Å². The molecule has 0 aromatic carbocycles. The van der Waals surface area contributed by atoms with Gasteiger partial charge in [0.2, 0.25) is 10.0 Å². The Morgan fingerprint density at radius 3 is 2.44 bits per heavy atom. The van der Waals surface area contributed by atoms with Crippen LogP contribution in [0, 0.1) is 5.92 Å². The first-order valence-corrected chi connectivity index (χ1v) is 6.88. The van der Waals surface area contributed by atoms with Crippen LogP contribution < -0.4 is 5.73 Å². The fourth-order valence-corrected chi connectivity index (χ4v) is 2.48. The summed E-state index contributed by atoms with van der Waals surface area (Å²) >= 11 is 0. The van der Waals surface area contributed by atoms with E-state index in [9.17, 15) is 8.42 Å². The Labute approximate surface area is 97.2 Å². The predicted molar refractivity (Wildman–Crippen MR) is 63.9 cm³/mol. The molecule has 0 spiro atoms. The lowest BCUT2D eigenvalue weighted by atomic mass is 10.2. The van der Waals surface area contributed by atoms with E-state index < -0.39 is 10.0 Å². The highest BCUT2D eigenvalue weighted by atomic mass is 32.2. The maximum absolute atomic E-state index is 11.7. The summed E-state index contributed by atoms with van der Waals surface area (Å²) in [5.74, 6) is 0.351. The van der Waals surface area contributed by atoms with E-state index in [1.165, 1.54) is 4.31 Å². The molecule has 0 radical (unpaired) electrons. The highest BCUT2D eigenvalue weighted by Gasteiger charge is 2.20. The first kappa shape index (κ1) is 15.2. The van der Waals surface area contributed by atoms with E-state index in [0.717, 1.165) is 0 Å². The Kier molecular flexibility index (Phi) is 6.35. The summed E-state index contributed by atoms with van der Waals surface area (Å²) in [6.07, 6.45) is 0.239.